The van der Waals surface area contributed by atoms with Gasteiger partial charge in [-0.2, -0.15) is 4.98 Å². The Bertz CT molecular complexity index is 1310. The van der Waals surface area contributed by atoms with Gasteiger partial charge in [-0.25, -0.2) is 0 Å². The van der Waals surface area contributed by atoms with Crippen molar-refractivity contribution in [2.75, 3.05) is 31.5 Å². The van der Waals surface area contributed by atoms with Crippen LogP contribution in [0.2, 0.25) is 0 Å². The van der Waals surface area contributed by atoms with Gasteiger partial charge in [0.2, 0.25) is 11.7 Å². The van der Waals surface area contributed by atoms with Crippen molar-refractivity contribution in [2.24, 2.45) is 0 Å². The van der Waals surface area contributed by atoms with Crippen LogP contribution in [-0.2, 0) is 6.54 Å². The van der Waals surface area contributed by atoms with Crippen LogP contribution < -0.4 is 5.32 Å². The molecule has 0 bridgehead atoms. The SMILES string of the molecule is Cc1ccc(-c2noc(CN3CCN(C(=O)c4ccccc4NC(=O)c4cccs4)CC3)n2)cc1. The summed E-state index contributed by atoms with van der Waals surface area (Å²) in [5, 5.41) is 8.83. The Labute approximate surface area is 207 Å². The zero-order valence-corrected chi connectivity index (χ0v) is 20.1. The van der Waals surface area contributed by atoms with Gasteiger partial charge in [-0.1, -0.05) is 53.2 Å². The Hall–Kier alpha value is -3.82. The molecule has 3 heterocycles. The first kappa shape index (κ1) is 22.9. The number of amides is 2. The summed E-state index contributed by atoms with van der Waals surface area (Å²) in [7, 11) is 0. The summed E-state index contributed by atoms with van der Waals surface area (Å²) in [6.45, 7) is 5.11. The van der Waals surface area contributed by atoms with Gasteiger partial charge in [0, 0.05) is 31.7 Å². The molecule has 2 aromatic carbocycles. The van der Waals surface area contributed by atoms with Gasteiger partial charge >= 0.3 is 0 Å². The molecular formula is C26H25N5O3S. The Balaban J connectivity index is 1.19. The number of hydrogen-bond acceptors (Lipinski definition) is 7. The minimum Gasteiger partial charge on any atom is -0.338 e. The third kappa shape index (κ3) is 5.31. The van der Waals surface area contributed by atoms with Crippen LogP contribution in [0.3, 0.4) is 0 Å². The van der Waals surface area contributed by atoms with Crippen LogP contribution in [-0.4, -0.2) is 57.9 Å². The molecule has 1 N–H and O–H groups in total. The molecule has 0 aliphatic carbocycles. The fourth-order valence-electron chi connectivity index (χ4n) is 3.98. The Kier molecular flexibility index (Phi) is 6.69. The molecule has 1 aliphatic rings. The van der Waals surface area contributed by atoms with Crippen molar-refractivity contribution in [3.63, 3.8) is 0 Å². The number of nitrogens with one attached hydrogen (secondary N) is 1. The van der Waals surface area contributed by atoms with E-state index in [1.165, 1.54) is 16.9 Å². The first-order valence-corrected chi connectivity index (χ1v) is 12.3. The molecule has 9 heteroatoms. The van der Waals surface area contributed by atoms with E-state index in [2.05, 4.69) is 20.4 Å². The fourth-order valence-corrected chi connectivity index (χ4v) is 4.60. The van der Waals surface area contributed by atoms with E-state index in [0.29, 0.717) is 60.6 Å². The minimum absolute atomic E-state index is 0.0915. The second-order valence-corrected chi connectivity index (χ2v) is 9.37. The molecule has 1 saturated heterocycles. The first-order chi connectivity index (χ1) is 17.1. The third-order valence-electron chi connectivity index (χ3n) is 5.95. The van der Waals surface area contributed by atoms with Gasteiger partial charge in [0.05, 0.1) is 22.7 Å². The average Bonchev–Trinajstić information content (AvgIpc) is 3.58. The number of para-hydroxylation sites is 1. The number of piperazine rings is 1. The molecule has 1 fully saturated rings. The van der Waals surface area contributed by atoms with Crippen molar-refractivity contribution in [2.45, 2.75) is 13.5 Å². The van der Waals surface area contributed by atoms with Crippen LogP contribution in [0.4, 0.5) is 5.69 Å². The van der Waals surface area contributed by atoms with E-state index in [1.807, 2.05) is 59.7 Å². The summed E-state index contributed by atoms with van der Waals surface area (Å²) in [6.07, 6.45) is 0. The first-order valence-electron chi connectivity index (χ1n) is 11.4. The van der Waals surface area contributed by atoms with Gasteiger partial charge in [0.25, 0.3) is 11.8 Å². The maximum absolute atomic E-state index is 13.3. The van der Waals surface area contributed by atoms with Crippen molar-refractivity contribution < 1.29 is 14.1 Å². The molecule has 2 aromatic heterocycles. The zero-order valence-electron chi connectivity index (χ0n) is 19.3. The van der Waals surface area contributed by atoms with Crippen LogP contribution in [0.5, 0.6) is 0 Å². The molecule has 2 amide bonds. The molecule has 35 heavy (non-hydrogen) atoms. The monoisotopic (exact) mass is 487 g/mol. The predicted molar refractivity (Wildman–Crippen MR) is 134 cm³/mol. The summed E-state index contributed by atoms with van der Waals surface area (Å²) in [6, 6.07) is 18.7. The Morgan fingerprint density at radius 3 is 2.51 bits per heavy atom. The van der Waals surface area contributed by atoms with E-state index >= 15 is 0 Å². The molecule has 4 aromatic rings. The molecule has 0 spiro atoms. The van der Waals surface area contributed by atoms with Crippen molar-refractivity contribution in [3.05, 3.63) is 87.9 Å². The largest absolute Gasteiger partial charge is 0.338 e. The molecule has 0 unspecified atom stereocenters. The molecule has 0 atom stereocenters. The van der Waals surface area contributed by atoms with Crippen LogP contribution >= 0.6 is 11.3 Å². The van der Waals surface area contributed by atoms with Crippen LogP contribution in [0.15, 0.2) is 70.6 Å². The fraction of sp³-hybridized carbons (Fsp3) is 0.231. The van der Waals surface area contributed by atoms with Gasteiger partial charge in [-0.15, -0.1) is 11.3 Å². The maximum atomic E-state index is 13.3. The predicted octanol–water partition coefficient (Wildman–Crippen LogP) is 4.32. The van der Waals surface area contributed by atoms with Crippen molar-refractivity contribution >= 4 is 28.8 Å². The number of carbonyl (C=O) groups excluding carboxylic acids is 2. The highest BCUT2D eigenvalue weighted by atomic mass is 32.1. The van der Waals surface area contributed by atoms with Crippen molar-refractivity contribution in [1.82, 2.24) is 19.9 Å². The third-order valence-corrected chi connectivity index (χ3v) is 6.82. The van der Waals surface area contributed by atoms with E-state index in [-0.39, 0.29) is 11.8 Å². The lowest BCUT2D eigenvalue weighted by Crippen LogP contribution is -2.48. The number of aromatic nitrogens is 2. The van der Waals surface area contributed by atoms with E-state index in [0.717, 1.165) is 5.56 Å². The topological polar surface area (TPSA) is 91.6 Å². The number of nitrogens with zero attached hydrogens (tertiary/aromatic N) is 4. The number of aryl methyl sites for hydroxylation is 1. The minimum atomic E-state index is -0.213. The molecule has 0 saturated carbocycles. The van der Waals surface area contributed by atoms with E-state index in [4.69, 9.17) is 4.52 Å². The van der Waals surface area contributed by atoms with Crippen molar-refractivity contribution in [3.8, 4) is 11.4 Å². The number of thiophene rings is 1. The Morgan fingerprint density at radius 1 is 1.00 bits per heavy atom. The van der Waals surface area contributed by atoms with Crippen LogP contribution in [0, 0.1) is 6.92 Å². The molecule has 5 rings (SSSR count). The van der Waals surface area contributed by atoms with Gasteiger partial charge < -0.3 is 14.7 Å². The molecule has 0 radical (unpaired) electrons. The summed E-state index contributed by atoms with van der Waals surface area (Å²) in [4.78, 5) is 34.9. The number of benzene rings is 2. The second kappa shape index (κ2) is 10.2. The highest BCUT2D eigenvalue weighted by molar-refractivity contribution is 7.12. The lowest BCUT2D eigenvalue weighted by Gasteiger charge is -2.34. The highest BCUT2D eigenvalue weighted by Gasteiger charge is 2.25. The normalized spacial score (nSPS) is 14.1. The van der Waals surface area contributed by atoms with E-state index in [9.17, 15) is 9.59 Å². The smallest absolute Gasteiger partial charge is 0.265 e. The lowest BCUT2D eigenvalue weighted by atomic mass is 10.1. The van der Waals surface area contributed by atoms with E-state index in [1.54, 1.807) is 18.2 Å². The summed E-state index contributed by atoms with van der Waals surface area (Å²) in [5.41, 5.74) is 3.11. The lowest BCUT2D eigenvalue weighted by molar-refractivity contribution is 0.0616. The molecule has 178 valence electrons. The summed E-state index contributed by atoms with van der Waals surface area (Å²) >= 11 is 1.36. The Morgan fingerprint density at radius 2 is 1.77 bits per heavy atom. The highest BCUT2D eigenvalue weighted by Crippen LogP contribution is 2.21. The molecule has 8 nitrogen and oxygen atoms in total. The standard InChI is InChI=1S/C26H25N5O3S/c1-18-8-10-19(11-9-18)24-28-23(34-29-24)17-30-12-14-31(15-13-30)26(33)20-5-2-3-6-21(20)27-25(32)22-7-4-16-35-22/h2-11,16H,12-15,17H2,1H3,(H,27,32). The van der Waals surface area contributed by atoms with Crippen molar-refractivity contribution in [1.29, 1.82) is 0 Å². The summed E-state index contributed by atoms with van der Waals surface area (Å²) < 4.78 is 5.46. The number of hydrogen-bond donors (Lipinski definition) is 1. The van der Waals surface area contributed by atoms with Crippen LogP contribution in [0.25, 0.3) is 11.4 Å². The van der Waals surface area contributed by atoms with Crippen LogP contribution in [0.1, 0.15) is 31.5 Å². The number of carbonyl (C=O) groups is 2. The van der Waals surface area contributed by atoms with Gasteiger partial charge in [-0.05, 0) is 30.5 Å². The average molecular weight is 488 g/mol. The van der Waals surface area contributed by atoms with Gasteiger partial charge in [0.15, 0.2) is 0 Å². The number of anilines is 1. The zero-order chi connectivity index (χ0) is 24.2. The maximum Gasteiger partial charge on any atom is 0.265 e. The number of rotatable bonds is 6. The van der Waals surface area contributed by atoms with E-state index < -0.39 is 0 Å². The van der Waals surface area contributed by atoms with Gasteiger partial charge in [0.1, 0.15) is 0 Å². The van der Waals surface area contributed by atoms with Gasteiger partial charge in [-0.3, -0.25) is 14.5 Å². The molecular weight excluding hydrogens is 462 g/mol. The summed E-state index contributed by atoms with van der Waals surface area (Å²) in [5.74, 6) is 0.831. The second-order valence-electron chi connectivity index (χ2n) is 8.42. The molecule has 1 aliphatic heterocycles. The quantitative estimate of drug-likeness (QED) is 0.436.